The van der Waals surface area contributed by atoms with E-state index >= 15 is 0 Å². The summed E-state index contributed by atoms with van der Waals surface area (Å²) in [5.41, 5.74) is 1.28. The molecule has 1 N–H and O–H groups in total. The maximum atomic E-state index is 6.48. The molecule has 1 nitrogen and oxygen atoms in total. The summed E-state index contributed by atoms with van der Waals surface area (Å²) >= 11 is 13.0. The topological polar surface area (TPSA) is 12.0 Å². The van der Waals surface area contributed by atoms with Gasteiger partial charge in [0, 0.05) is 22.0 Å². The van der Waals surface area contributed by atoms with Gasteiger partial charge in [0.25, 0.3) is 0 Å². The average molecular weight is 314 g/mol. The average Bonchev–Trinajstić information content (AvgIpc) is 2.39. The minimum Gasteiger partial charge on any atom is -0.316 e. The molecule has 0 atom stereocenters. The SMILES string of the molecule is CC(C)CNCC1(c2c(Cl)cccc2Cl)CCCCC1. The van der Waals surface area contributed by atoms with Crippen molar-refractivity contribution >= 4 is 23.2 Å². The normalized spacial score (nSPS) is 18.4. The minimum atomic E-state index is 0.114. The van der Waals surface area contributed by atoms with Crippen LogP contribution in [0.1, 0.15) is 51.5 Å². The van der Waals surface area contributed by atoms with Crippen molar-refractivity contribution in [3.05, 3.63) is 33.8 Å². The molecular weight excluding hydrogens is 289 g/mol. The van der Waals surface area contributed by atoms with E-state index < -0.39 is 0 Å². The third-order valence-electron chi connectivity index (χ3n) is 4.32. The summed E-state index contributed by atoms with van der Waals surface area (Å²) in [6.07, 6.45) is 6.23. The zero-order chi connectivity index (χ0) is 14.6. The highest BCUT2D eigenvalue weighted by Crippen LogP contribution is 2.45. The number of rotatable bonds is 5. The first-order chi connectivity index (χ1) is 9.55. The van der Waals surface area contributed by atoms with E-state index in [0.717, 1.165) is 23.1 Å². The third-order valence-corrected chi connectivity index (χ3v) is 4.95. The van der Waals surface area contributed by atoms with E-state index in [2.05, 4.69) is 19.2 Å². The first kappa shape index (κ1) is 16.1. The lowest BCUT2D eigenvalue weighted by Gasteiger charge is -2.39. The maximum absolute atomic E-state index is 6.48. The highest BCUT2D eigenvalue weighted by atomic mass is 35.5. The van der Waals surface area contributed by atoms with Crippen molar-refractivity contribution in [1.29, 1.82) is 0 Å². The molecule has 0 spiro atoms. The van der Waals surface area contributed by atoms with E-state index in [-0.39, 0.29) is 5.41 Å². The van der Waals surface area contributed by atoms with Crippen molar-refractivity contribution in [1.82, 2.24) is 5.32 Å². The summed E-state index contributed by atoms with van der Waals surface area (Å²) in [5.74, 6) is 0.664. The number of halogens is 2. The molecule has 0 bridgehead atoms. The highest BCUT2D eigenvalue weighted by molar-refractivity contribution is 6.36. The Kier molecular flexibility index (Phi) is 5.77. The fraction of sp³-hybridized carbons (Fsp3) is 0.647. The van der Waals surface area contributed by atoms with Crippen LogP contribution in [0.2, 0.25) is 10.0 Å². The van der Waals surface area contributed by atoms with E-state index in [1.165, 1.54) is 37.7 Å². The first-order valence-corrected chi connectivity index (χ1v) is 8.46. The quantitative estimate of drug-likeness (QED) is 0.763. The minimum absolute atomic E-state index is 0.114. The largest absolute Gasteiger partial charge is 0.316 e. The maximum Gasteiger partial charge on any atom is 0.0459 e. The Labute approximate surface area is 133 Å². The molecule has 1 aromatic rings. The Hall–Kier alpha value is -0.240. The molecule has 1 aliphatic carbocycles. The van der Waals surface area contributed by atoms with E-state index in [4.69, 9.17) is 23.2 Å². The Balaban J connectivity index is 2.26. The number of nitrogens with one attached hydrogen (secondary N) is 1. The monoisotopic (exact) mass is 313 g/mol. The van der Waals surface area contributed by atoms with Crippen LogP contribution >= 0.6 is 23.2 Å². The zero-order valence-corrected chi connectivity index (χ0v) is 14.0. The van der Waals surface area contributed by atoms with Gasteiger partial charge in [-0.2, -0.15) is 0 Å². The second kappa shape index (κ2) is 7.15. The first-order valence-electron chi connectivity index (χ1n) is 7.70. The van der Waals surface area contributed by atoms with Crippen molar-refractivity contribution < 1.29 is 0 Å². The third kappa shape index (κ3) is 3.69. The molecule has 0 saturated heterocycles. The summed E-state index contributed by atoms with van der Waals surface area (Å²) in [6.45, 7) is 6.50. The molecule has 0 heterocycles. The molecule has 1 aliphatic rings. The number of hydrogen-bond acceptors (Lipinski definition) is 1. The van der Waals surface area contributed by atoms with Gasteiger partial charge in [-0.05, 0) is 43.0 Å². The molecule has 0 aromatic heterocycles. The van der Waals surface area contributed by atoms with Crippen LogP contribution in [0, 0.1) is 5.92 Å². The van der Waals surface area contributed by atoms with Crippen LogP contribution in [0.5, 0.6) is 0 Å². The molecule has 112 valence electrons. The number of hydrogen-bond donors (Lipinski definition) is 1. The lowest BCUT2D eigenvalue weighted by Crippen LogP contribution is -2.41. The molecule has 1 fully saturated rings. The molecule has 0 unspecified atom stereocenters. The second-order valence-electron chi connectivity index (χ2n) is 6.46. The predicted molar refractivity (Wildman–Crippen MR) is 88.9 cm³/mol. The lowest BCUT2D eigenvalue weighted by atomic mass is 9.69. The van der Waals surface area contributed by atoms with Crippen LogP contribution in [0.15, 0.2) is 18.2 Å². The van der Waals surface area contributed by atoms with Crippen molar-refractivity contribution in [2.24, 2.45) is 5.92 Å². The molecule has 0 aliphatic heterocycles. The Bertz CT molecular complexity index is 416. The van der Waals surface area contributed by atoms with E-state index in [1.54, 1.807) is 0 Å². The van der Waals surface area contributed by atoms with Crippen LogP contribution in [-0.2, 0) is 5.41 Å². The van der Waals surface area contributed by atoms with Gasteiger partial charge in [0.15, 0.2) is 0 Å². The van der Waals surface area contributed by atoms with Crippen LogP contribution < -0.4 is 5.32 Å². The Morgan fingerprint density at radius 1 is 1.10 bits per heavy atom. The van der Waals surface area contributed by atoms with Gasteiger partial charge in [0.2, 0.25) is 0 Å². The van der Waals surface area contributed by atoms with Gasteiger partial charge in [-0.1, -0.05) is 62.4 Å². The predicted octanol–water partition coefficient (Wildman–Crippen LogP) is 5.44. The number of benzene rings is 1. The van der Waals surface area contributed by atoms with Crippen LogP contribution in [-0.4, -0.2) is 13.1 Å². The van der Waals surface area contributed by atoms with E-state index in [0.29, 0.717) is 5.92 Å². The Morgan fingerprint density at radius 3 is 2.25 bits per heavy atom. The van der Waals surface area contributed by atoms with Gasteiger partial charge in [-0.3, -0.25) is 0 Å². The summed E-state index contributed by atoms with van der Waals surface area (Å²) in [4.78, 5) is 0. The highest BCUT2D eigenvalue weighted by Gasteiger charge is 2.36. The van der Waals surface area contributed by atoms with Crippen molar-refractivity contribution in [3.8, 4) is 0 Å². The van der Waals surface area contributed by atoms with Gasteiger partial charge in [0.05, 0.1) is 0 Å². The summed E-state index contributed by atoms with van der Waals surface area (Å²) < 4.78 is 0. The smallest absolute Gasteiger partial charge is 0.0459 e. The van der Waals surface area contributed by atoms with Gasteiger partial charge in [-0.15, -0.1) is 0 Å². The summed E-state index contributed by atoms with van der Waals surface area (Å²) in [6, 6.07) is 5.88. The Morgan fingerprint density at radius 2 is 1.70 bits per heavy atom. The standard InChI is InChI=1S/C17H25Cl2N/c1-13(2)11-20-12-17(9-4-3-5-10-17)16-14(18)7-6-8-15(16)19/h6-8,13,20H,3-5,9-12H2,1-2H3. The molecule has 0 radical (unpaired) electrons. The van der Waals surface area contributed by atoms with E-state index in [1.807, 2.05) is 18.2 Å². The van der Waals surface area contributed by atoms with Crippen LogP contribution in [0.4, 0.5) is 0 Å². The summed E-state index contributed by atoms with van der Waals surface area (Å²) in [5, 5.41) is 5.28. The molecule has 1 saturated carbocycles. The molecule has 2 rings (SSSR count). The van der Waals surface area contributed by atoms with Crippen molar-refractivity contribution in [2.45, 2.75) is 51.4 Å². The van der Waals surface area contributed by atoms with Crippen LogP contribution in [0.3, 0.4) is 0 Å². The van der Waals surface area contributed by atoms with E-state index in [9.17, 15) is 0 Å². The fourth-order valence-corrected chi connectivity index (χ4v) is 4.15. The zero-order valence-electron chi connectivity index (χ0n) is 12.5. The lowest BCUT2D eigenvalue weighted by molar-refractivity contribution is 0.277. The van der Waals surface area contributed by atoms with Crippen molar-refractivity contribution in [2.75, 3.05) is 13.1 Å². The van der Waals surface area contributed by atoms with Gasteiger partial charge >= 0.3 is 0 Å². The van der Waals surface area contributed by atoms with Crippen LogP contribution in [0.25, 0.3) is 0 Å². The summed E-state index contributed by atoms with van der Waals surface area (Å²) in [7, 11) is 0. The molecule has 3 heteroatoms. The van der Waals surface area contributed by atoms with Crippen molar-refractivity contribution in [3.63, 3.8) is 0 Å². The molecule has 1 aromatic carbocycles. The molecule has 0 amide bonds. The second-order valence-corrected chi connectivity index (χ2v) is 7.28. The van der Waals surface area contributed by atoms with Gasteiger partial charge in [0.1, 0.15) is 0 Å². The molecular formula is C17H25Cl2N. The molecule has 20 heavy (non-hydrogen) atoms. The van der Waals surface area contributed by atoms with Gasteiger partial charge in [-0.25, -0.2) is 0 Å². The van der Waals surface area contributed by atoms with Gasteiger partial charge < -0.3 is 5.32 Å². The fourth-order valence-electron chi connectivity index (χ4n) is 3.35.